The van der Waals surface area contributed by atoms with Gasteiger partial charge in [0.1, 0.15) is 0 Å². The molecule has 0 atom stereocenters. The average molecular weight is 303 g/mol. The molecule has 19 heavy (non-hydrogen) atoms. The van der Waals surface area contributed by atoms with Gasteiger partial charge in [-0.25, -0.2) is 0 Å². The monoisotopic (exact) mass is 302 g/mol. The van der Waals surface area contributed by atoms with Crippen molar-refractivity contribution in [1.82, 2.24) is 0 Å². The Morgan fingerprint density at radius 2 is 0.579 bits per heavy atom. The Kier molecular flexibility index (Phi) is 7.08. The number of hydrogen-bond acceptors (Lipinski definition) is 0. The standard InChI is InChI=1S/2C9H14.Ni/c2*1-6-5-7(2)9(4)8(6)3;/h2*5H2,1-4H3;. The van der Waals surface area contributed by atoms with Gasteiger partial charge in [0.25, 0.3) is 0 Å². The summed E-state index contributed by atoms with van der Waals surface area (Å²) in [5.74, 6) is 0. The van der Waals surface area contributed by atoms with E-state index in [4.69, 9.17) is 0 Å². The van der Waals surface area contributed by atoms with Gasteiger partial charge in [0.2, 0.25) is 0 Å². The van der Waals surface area contributed by atoms with E-state index < -0.39 is 0 Å². The predicted octanol–water partition coefficient (Wildman–Crippen LogP) is 6.12. The Bertz CT molecular complexity index is 392. The van der Waals surface area contributed by atoms with Gasteiger partial charge in [-0.05, 0) is 90.5 Å². The van der Waals surface area contributed by atoms with Gasteiger partial charge in [0.15, 0.2) is 0 Å². The van der Waals surface area contributed by atoms with Gasteiger partial charge in [0, 0.05) is 16.5 Å². The molecule has 0 spiro atoms. The van der Waals surface area contributed by atoms with E-state index in [-0.39, 0.29) is 16.5 Å². The van der Waals surface area contributed by atoms with Crippen LogP contribution in [0.15, 0.2) is 44.6 Å². The van der Waals surface area contributed by atoms with Gasteiger partial charge < -0.3 is 0 Å². The quantitative estimate of drug-likeness (QED) is 0.473. The van der Waals surface area contributed by atoms with Crippen LogP contribution in [0, 0.1) is 0 Å². The Labute approximate surface area is 129 Å². The van der Waals surface area contributed by atoms with Gasteiger partial charge in [-0.3, -0.25) is 0 Å². The molecule has 0 saturated carbocycles. The van der Waals surface area contributed by atoms with Crippen LogP contribution >= 0.6 is 0 Å². The zero-order valence-corrected chi connectivity index (χ0v) is 14.7. The van der Waals surface area contributed by atoms with E-state index in [0.29, 0.717) is 0 Å². The summed E-state index contributed by atoms with van der Waals surface area (Å²) in [4.78, 5) is 0. The van der Waals surface area contributed by atoms with Crippen molar-refractivity contribution in [3.63, 3.8) is 0 Å². The molecule has 0 aromatic heterocycles. The van der Waals surface area contributed by atoms with E-state index in [1.54, 1.807) is 22.3 Å². The van der Waals surface area contributed by atoms with E-state index in [1.165, 1.54) is 35.1 Å². The molecule has 0 radical (unpaired) electrons. The molecule has 0 N–H and O–H groups in total. The molecule has 0 aliphatic heterocycles. The van der Waals surface area contributed by atoms with Gasteiger partial charge >= 0.3 is 0 Å². The van der Waals surface area contributed by atoms with Crippen molar-refractivity contribution in [3.05, 3.63) is 44.6 Å². The molecule has 2 aliphatic rings. The van der Waals surface area contributed by atoms with Gasteiger partial charge in [-0.1, -0.05) is 22.3 Å². The second-order valence-electron chi connectivity index (χ2n) is 5.97. The van der Waals surface area contributed by atoms with Crippen LogP contribution in [0.4, 0.5) is 0 Å². The zero-order chi connectivity index (χ0) is 14.0. The van der Waals surface area contributed by atoms with Crippen LogP contribution in [0.1, 0.15) is 68.2 Å². The van der Waals surface area contributed by atoms with Gasteiger partial charge in [-0.2, -0.15) is 0 Å². The molecule has 0 bridgehead atoms. The minimum atomic E-state index is 0. The van der Waals surface area contributed by atoms with Crippen LogP contribution in [0.25, 0.3) is 0 Å². The topological polar surface area (TPSA) is 0 Å². The maximum Gasteiger partial charge on any atom is 0 e. The van der Waals surface area contributed by atoms with Crippen LogP contribution < -0.4 is 0 Å². The van der Waals surface area contributed by atoms with Crippen molar-refractivity contribution in [1.29, 1.82) is 0 Å². The van der Waals surface area contributed by atoms with E-state index in [0.717, 1.165) is 0 Å². The second kappa shape index (κ2) is 7.29. The van der Waals surface area contributed by atoms with Crippen LogP contribution in [-0.4, -0.2) is 0 Å². The van der Waals surface area contributed by atoms with Crippen LogP contribution in [0.2, 0.25) is 0 Å². The molecule has 0 saturated heterocycles. The van der Waals surface area contributed by atoms with Crippen LogP contribution in [-0.2, 0) is 16.5 Å². The fourth-order valence-electron chi connectivity index (χ4n) is 2.61. The molecule has 0 amide bonds. The molecule has 0 aromatic carbocycles. The van der Waals surface area contributed by atoms with Crippen molar-refractivity contribution < 1.29 is 16.5 Å². The smallest absolute Gasteiger partial charge is 0 e. The summed E-state index contributed by atoms with van der Waals surface area (Å²) in [7, 11) is 0. The third-order valence-electron chi connectivity index (χ3n) is 4.75. The fraction of sp³-hybridized carbons (Fsp3) is 0.556. The average Bonchev–Trinajstić information content (AvgIpc) is 2.66. The van der Waals surface area contributed by atoms with Crippen molar-refractivity contribution >= 4 is 0 Å². The zero-order valence-electron chi connectivity index (χ0n) is 13.7. The number of allylic oxidation sites excluding steroid dienone is 8. The first-order valence-electron chi connectivity index (χ1n) is 6.91. The van der Waals surface area contributed by atoms with Crippen molar-refractivity contribution in [2.75, 3.05) is 0 Å². The summed E-state index contributed by atoms with van der Waals surface area (Å²) >= 11 is 0. The molecular weight excluding hydrogens is 275 g/mol. The van der Waals surface area contributed by atoms with E-state index >= 15 is 0 Å². The summed E-state index contributed by atoms with van der Waals surface area (Å²) in [6.45, 7) is 17.7. The molecule has 1 heteroatoms. The summed E-state index contributed by atoms with van der Waals surface area (Å²) in [5.41, 5.74) is 12.2. The molecule has 0 unspecified atom stereocenters. The summed E-state index contributed by atoms with van der Waals surface area (Å²) in [6, 6.07) is 0. The van der Waals surface area contributed by atoms with Crippen LogP contribution in [0.5, 0.6) is 0 Å². The minimum absolute atomic E-state index is 0. The Morgan fingerprint density at radius 3 is 0.632 bits per heavy atom. The van der Waals surface area contributed by atoms with Crippen molar-refractivity contribution in [2.45, 2.75) is 68.2 Å². The van der Waals surface area contributed by atoms with E-state index in [2.05, 4.69) is 55.4 Å². The summed E-state index contributed by atoms with van der Waals surface area (Å²) in [6.07, 6.45) is 2.41. The molecule has 0 fully saturated rings. The SMILES string of the molecule is CC1=C(C)C(C)=C(C)C1.CC1=C(C)C(C)=C(C)C1.[Ni]. The first kappa shape index (κ1) is 18.5. The molecular formula is C18H28Ni. The first-order chi connectivity index (χ1) is 8.25. The third kappa shape index (κ3) is 4.21. The van der Waals surface area contributed by atoms with Gasteiger partial charge in [0.05, 0.1) is 0 Å². The first-order valence-corrected chi connectivity index (χ1v) is 6.91. The Morgan fingerprint density at radius 1 is 0.421 bits per heavy atom. The fourth-order valence-corrected chi connectivity index (χ4v) is 2.61. The third-order valence-corrected chi connectivity index (χ3v) is 4.75. The summed E-state index contributed by atoms with van der Waals surface area (Å²) in [5, 5.41) is 0. The predicted molar refractivity (Wildman–Crippen MR) is 82.7 cm³/mol. The molecule has 0 heterocycles. The Hall–Kier alpha value is -0.546. The molecule has 2 rings (SSSR count). The minimum Gasteiger partial charge on any atom is -0.0661 e. The maximum absolute atomic E-state index is 2.22. The summed E-state index contributed by atoms with van der Waals surface area (Å²) < 4.78 is 0. The normalized spacial score (nSPS) is 18.9. The largest absolute Gasteiger partial charge is 0.0661 e. The van der Waals surface area contributed by atoms with Crippen LogP contribution in [0.3, 0.4) is 0 Å². The van der Waals surface area contributed by atoms with Crippen molar-refractivity contribution in [3.8, 4) is 0 Å². The number of rotatable bonds is 0. The molecule has 2 aliphatic carbocycles. The van der Waals surface area contributed by atoms with E-state index in [1.807, 2.05) is 0 Å². The molecule has 110 valence electrons. The molecule has 0 nitrogen and oxygen atoms in total. The van der Waals surface area contributed by atoms with Gasteiger partial charge in [-0.15, -0.1) is 0 Å². The molecule has 0 aromatic rings. The second-order valence-corrected chi connectivity index (χ2v) is 5.97. The van der Waals surface area contributed by atoms with E-state index in [9.17, 15) is 0 Å². The van der Waals surface area contributed by atoms with Crippen molar-refractivity contribution in [2.24, 2.45) is 0 Å². The maximum atomic E-state index is 2.22. The number of hydrogen-bond donors (Lipinski definition) is 0. The Balaban J connectivity index is 0.000000324.